The molecule has 1 aromatic rings. The molecule has 0 fully saturated rings. The van der Waals surface area contributed by atoms with Crippen molar-refractivity contribution in [1.29, 1.82) is 0 Å². The zero-order valence-electron chi connectivity index (χ0n) is 9.20. The first-order valence-corrected chi connectivity index (χ1v) is 5.64. The van der Waals surface area contributed by atoms with Crippen LogP contribution in [0.1, 0.15) is 25.3 Å². The quantitative estimate of drug-likeness (QED) is 0.834. The minimum Gasteiger partial charge on any atom is -0.492 e. The molecule has 0 heterocycles. The average Bonchev–Trinajstić information content (AvgIpc) is 2.21. The molecule has 16 heavy (non-hydrogen) atoms. The van der Waals surface area contributed by atoms with Crippen LogP contribution in [0.2, 0.25) is 5.02 Å². The molecule has 0 atom stereocenters. The number of carbonyl (C=O) groups is 1. The monoisotopic (exact) mass is 242 g/mol. The van der Waals surface area contributed by atoms with Gasteiger partial charge in [0.2, 0.25) is 0 Å². The van der Waals surface area contributed by atoms with Crippen molar-refractivity contribution in [2.45, 2.75) is 26.2 Å². The molecular weight excluding hydrogens is 228 g/mol. The molecule has 0 saturated carbocycles. The smallest absolute Gasteiger partial charge is 0.303 e. The summed E-state index contributed by atoms with van der Waals surface area (Å²) in [6.45, 7) is 2.48. The van der Waals surface area contributed by atoms with Gasteiger partial charge in [-0.2, -0.15) is 0 Å². The van der Waals surface area contributed by atoms with Crippen molar-refractivity contribution < 1.29 is 14.6 Å². The van der Waals surface area contributed by atoms with E-state index in [1.54, 1.807) is 0 Å². The van der Waals surface area contributed by atoms with Crippen LogP contribution in [0.3, 0.4) is 0 Å². The van der Waals surface area contributed by atoms with Gasteiger partial charge in [-0.3, -0.25) is 4.79 Å². The topological polar surface area (TPSA) is 46.5 Å². The molecule has 3 nitrogen and oxygen atoms in total. The van der Waals surface area contributed by atoms with Crippen LogP contribution in [0, 0.1) is 0 Å². The van der Waals surface area contributed by atoms with Crippen molar-refractivity contribution in [2.24, 2.45) is 0 Å². The second-order valence-corrected chi connectivity index (χ2v) is 3.85. The number of carboxylic acids is 1. The Morgan fingerprint density at radius 1 is 1.50 bits per heavy atom. The van der Waals surface area contributed by atoms with E-state index in [1.807, 2.05) is 25.1 Å². The molecule has 0 aliphatic rings. The van der Waals surface area contributed by atoms with Crippen molar-refractivity contribution in [3.05, 3.63) is 28.8 Å². The SMILES string of the molecule is CCOc1ccc(CCCC(=O)O)cc1Cl. The Morgan fingerprint density at radius 3 is 2.81 bits per heavy atom. The highest BCUT2D eigenvalue weighted by molar-refractivity contribution is 6.32. The summed E-state index contributed by atoms with van der Waals surface area (Å²) >= 11 is 6.01. The summed E-state index contributed by atoms with van der Waals surface area (Å²) in [5.41, 5.74) is 1.04. The van der Waals surface area contributed by atoms with Crippen LogP contribution in [0.5, 0.6) is 5.75 Å². The lowest BCUT2D eigenvalue weighted by Gasteiger charge is -2.07. The van der Waals surface area contributed by atoms with E-state index in [9.17, 15) is 4.79 Å². The predicted molar refractivity (Wildman–Crippen MR) is 63.2 cm³/mol. The average molecular weight is 243 g/mol. The number of hydrogen-bond acceptors (Lipinski definition) is 2. The van der Waals surface area contributed by atoms with Gasteiger partial charge in [0.25, 0.3) is 0 Å². The Labute approximate surface area is 100.0 Å². The molecule has 0 amide bonds. The van der Waals surface area contributed by atoms with E-state index < -0.39 is 5.97 Å². The summed E-state index contributed by atoms with van der Waals surface area (Å²) in [5, 5.41) is 9.09. The molecule has 1 N–H and O–H groups in total. The molecule has 88 valence electrons. The minimum absolute atomic E-state index is 0.185. The van der Waals surface area contributed by atoms with E-state index in [0.29, 0.717) is 23.8 Å². The van der Waals surface area contributed by atoms with E-state index >= 15 is 0 Å². The third-order valence-corrected chi connectivity index (χ3v) is 2.45. The first-order valence-electron chi connectivity index (χ1n) is 5.26. The zero-order chi connectivity index (χ0) is 12.0. The van der Waals surface area contributed by atoms with Gasteiger partial charge in [-0.1, -0.05) is 17.7 Å². The van der Waals surface area contributed by atoms with Crippen molar-refractivity contribution >= 4 is 17.6 Å². The number of rotatable bonds is 6. The molecule has 0 aliphatic carbocycles. The fourth-order valence-corrected chi connectivity index (χ4v) is 1.67. The van der Waals surface area contributed by atoms with Crippen molar-refractivity contribution in [2.75, 3.05) is 6.61 Å². The second kappa shape index (κ2) is 6.38. The van der Waals surface area contributed by atoms with Crippen molar-refractivity contribution in [1.82, 2.24) is 0 Å². The van der Waals surface area contributed by atoms with E-state index in [2.05, 4.69) is 0 Å². The molecule has 0 aromatic heterocycles. The molecule has 1 rings (SSSR count). The van der Waals surface area contributed by atoms with Gasteiger partial charge in [0, 0.05) is 6.42 Å². The second-order valence-electron chi connectivity index (χ2n) is 3.45. The lowest BCUT2D eigenvalue weighted by atomic mass is 10.1. The van der Waals surface area contributed by atoms with Gasteiger partial charge in [-0.05, 0) is 37.5 Å². The lowest BCUT2D eigenvalue weighted by molar-refractivity contribution is -0.137. The van der Waals surface area contributed by atoms with Crippen molar-refractivity contribution in [3.63, 3.8) is 0 Å². The number of halogens is 1. The van der Waals surface area contributed by atoms with Crippen LogP contribution in [0.25, 0.3) is 0 Å². The van der Waals surface area contributed by atoms with Gasteiger partial charge in [-0.15, -0.1) is 0 Å². The van der Waals surface area contributed by atoms with E-state index in [1.165, 1.54) is 0 Å². The van der Waals surface area contributed by atoms with Crippen molar-refractivity contribution in [3.8, 4) is 5.75 Å². The Balaban J connectivity index is 2.55. The number of carboxylic acid groups (broad SMARTS) is 1. The van der Waals surface area contributed by atoms with Gasteiger partial charge in [-0.25, -0.2) is 0 Å². The minimum atomic E-state index is -0.767. The van der Waals surface area contributed by atoms with Gasteiger partial charge in [0.05, 0.1) is 11.6 Å². The highest BCUT2D eigenvalue weighted by Gasteiger charge is 2.03. The molecule has 1 aromatic carbocycles. The van der Waals surface area contributed by atoms with E-state index in [0.717, 1.165) is 12.0 Å². The Morgan fingerprint density at radius 2 is 2.25 bits per heavy atom. The summed E-state index contributed by atoms with van der Waals surface area (Å²) in [5.74, 6) is -0.0943. The van der Waals surface area contributed by atoms with Crippen LogP contribution in [0.15, 0.2) is 18.2 Å². The van der Waals surface area contributed by atoms with Crippen LogP contribution < -0.4 is 4.74 Å². The summed E-state index contributed by atoms with van der Waals surface area (Å²) in [6.07, 6.45) is 1.53. The van der Waals surface area contributed by atoms with Crippen LogP contribution in [-0.2, 0) is 11.2 Å². The maximum absolute atomic E-state index is 10.3. The molecule has 0 aliphatic heterocycles. The fourth-order valence-electron chi connectivity index (χ4n) is 1.42. The summed E-state index contributed by atoms with van der Waals surface area (Å²) in [7, 11) is 0. The number of hydrogen-bond donors (Lipinski definition) is 1. The van der Waals surface area contributed by atoms with E-state index in [4.69, 9.17) is 21.4 Å². The maximum Gasteiger partial charge on any atom is 0.303 e. The molecular formula is C12H15ClO3. The van der Waals surface area contributed by atoms with Gasteiger partial charge < -0.3 is 9.84 Å². The number of ether oxygens (including phenoxy) is 1. The number of benzene rings is 1. The first kappa shape index (κ1) is 12.8. The molecule has 0 radical (unpaired) electrons. The third kappa shape index (κ3) is 4.11. The third-order valence-electron chi connectivity index (χ3n) is 2.15. The van der Waals surface area contributed by atoms with Crippen LogP contribution >= 0.6 is 11.6 Å². The molecule has 4 heteroatoms. The predicted octanol–water partition coefficient (Wildman–Crippen LogP) is 3.15. The number of aryl methyl sites for hydroxylation is 1. The molecule has 0 spiro atoms. The highest BCUT2D eigenvalue weighted by atomic mass is 35.5. The fraction of sp³-hybridized carbons (Fsp3) is 0.417. The van der Waals surface area contributed by atoms with Gasteiger partial charge >= 0.3 is 5.97 Å². The summed E-state index contributed by atoms with van der Waals surface area (Å²) in [6, 6.07) is 5.56. The maximum atomic E-state index is 10.3. The Hall–Kier alpha value is -1.22. The van der Waals surface area contributed by atoms with Crippen LogP contribution in [0.4, 0.5) is 0 Å². The number of aliphatic carboxylic acids is 1. The van der Waals surface area contributed by atoms with Gasteiger partial charge in [0.15, 0.2) is 0 Å². The highest BCUT2D eigenvalue weighted by Crippen LogP contribution is 2.25. The Kier molecular flexibility index (Phi) is 5.12. The lowest BCUT2D eigenvalue weighted by Crippen LogP contribution is -1.97. The standard InChI is InChI=1S/C12H15ClO3/c1-2-16-11-7-6-9(8-10(11)13)4-3-5-12(14)15/h6-8H,2-5H2,1H3,(H,14,15). The normalized spacial score (nSPS) is 10.1. The van der Waals surface area contributed by atoms with Crippen LogP contribution in [-0.4, -0.2) is 17.7 Å². The molecule has 0 unspecified atom stereocenters. The summed E-state index contributed by atoms with van der Waals surface area (Å²) < 4.78 is 5.31. The van der Waals surface area contributed by atoms with Gasteiger partial charge in [0.1, 0.15) is 5.75 Å². The summed E-state index contributed by atoms with van der Waals surface area (Å²) in [4.78, 5) is 10.3. The zero-order valence-corrected chi connectivity index (χ0v) is 9.96. The first-order chi connectivity index (χ1) is 7.63. The Bertz CT molecular complexity index is 363. The largest absolute Gasteiger partial charge is 0.492 e. The molecule has 0 bridgehead atoms. The van der Waals surface area contributed by atoms with E-state index in [-0.39, 0.29) is 6.42 Å². The molecule has 0 saturated heterocycles.